The summed E-state index contributed by atoms with van der Waals surface area (Å²) in [5, 5.41) is 1.89. The summed E-state index contributed by atoms with van der Waals surface area (Å²) in [6.07, 6.45) is 3.01. The summed E-state index contributed by atoms with van der Waals surface area (Å²) >= 11 is 0. The lowest BCUT2D eigenvalue weighted by Crippen LogP contribution is -1.95. The molecule has 0 aromatic heterocycles. The van der Waals surface area contributed by atoms with E-state index in [1.165, 1.54) is 13.2 Å². The molecule has 0 aliphatic rings. The molecule has 0 fully saturated rings. The highest BCUT2D eigenvalue weighted by Crippen LogP contribution is 2.37. The number of methoxy groups -OCH3 is 3. The Kier molecular flexibility index (Phi) is 4.25. The summed E-state index contributed by atoms with van der Waals surface area (Å²) in [6, 6.07) is 9.61. The smallest absolute Gasteiger partial charge is 0.330 e. The molecule has 0 heterocycles. The lowest BCUT2D eigenvalue weighted by atomic mass is 10.0. The van der Waals surface area contributed by atoms with Gasteiger partial charge in [-0.2, -0.15) is 0 Å². The highest BCUT2D eigenvalue weighted by Gasteiger charge is 2.11. The fourth-order valence-corrected chi connectivity index (χ4v) is 2.08. The van der Waals surface area contributed by atoms with E-state index in [-0.39, 0.29) is 0 Å². The van der Waals surface area contributed by atoms with E-state index in [4.69, 9.17) is 9.47 Å². The summed E-state index contributed by atoms with van der Waals surface area (Å²) in [6.45, 7) is 0. The van der Waals surface area contributed by atoms with Crippen molar-refractivity contribution in [1.82, 2.24) is 0 Å². The number of carbonyl (C=O) groups is 1. The van der Waals surface area contributed by atoms with Crippen molar-refractivity contribution in [3.63, 3.8) is 0 Å². The first kappa shape index (κ1) is 13.9. The molecule has 104 valence electrons. The molecule has 2 rings (SSSR count). The zero-order valence-corrected chi connectivity index (χ0v) is 11.7. The molecule has 0 bridgehead atoms. The second-order valence-corrected chi connectivity index (χ2v) is 4.10. The molecule has 0 radical (unpaired) electrons. The fraction of sp³-hybridized carbons (Fsp3) is 0.188. The van der Waals surface area contributed by atoms with Crippen molar-refractivity contribution in [1.29, 1.82) is 0 Å². The van der Waals surface area contributed by atoms with Crippen molar-refractivity contribution in [3.05, 3.63) is 42.0 Å². The van der Waals surface area contributed by atoms with Gasteiger partial charge in [-0.05, 0) is 12.1 Å². The first-order chi connectivity index (χ1) is 9.71. The predicted octanol–water partition coefficient (Wildman–Crippen LogP) is 3.04. The van der Waals surface area contributed by atoms with Gasteiger partial charge in [-0.3, -0.25) is 0 Å². The highest BCUT2D eigenvalue weighted by molar-refractivity contribution is 5.97. The third kappa shape index (κ3) is 2.59. The van der Waals surface area contributed by atoms with Crippen molar-refractivity contribution in [3.8, 4) is 11.5 Å². The molecule has 20 heavy (non-hydrogen) atoms. The van der Waals surface area contributed by atoms with E-state index in [1.54, 1.807) is 20.3 Å². The van der Waals surface area contributed by atoms with Gasteiger partial charge in [0.1, 0.15) is 11.5 Å². The number of benzene rings is 2. The van der Waals surface area contributed by atoms with E-state index in [1.807, 2.05) is 30.3 Å². The molecule has 2 aromatic carbocycles. The number of esters is 1. The Morgan fingerprint density at radius 1 is 1.05 bits per heavy atom. The van der Waals surface area contributed by atoms with Crippen LogP contribution in [-0.2, 0) is 9.53 Å². The van der Waals surface area contributed by atoms with Gasteiger partial charge in [0.15, 0.2) is 0 Å². The Morgan fingerprint density at radius 2 is 1.75 bits per heavy atom. The van der Waals surface area contributed by atoms with Gasteiger partial charge in [0.2, 0.25) is 0 Å². The maximum atomic E-state index is 11.2. The van der Waals surface area contributed by atoms with Crippen LogP contribution in [0.3, 0.4) is 0 Å². The molecule has 0 unspecified atom stereocenters. The minimum absolute atomic E-state index is 0.417. The second-order valence-electron chi connectivity index (χ2n) is 4.10. The Hall–Kier alpha value is -2.49. The molecule has 0 aliphatic heterocycles. The number of hydrogen-bond donors (Lipinski definition) is 0. The zero-order valence-electron chi connectivity index (χ0n) is 11.7. The third-order valence-electron chi connectivity index (χ3n) is 3.01. The number of ether oxygens (including phenoxy) is 3. The van der Waals surface area contributed by atoms with Gasteiger partial charge in [0.05, 0.1) is 21.3 Å². The predicted molar refractivity (Wildman–Crippen MR) is 78.1 cm³/mol. The molecule has 0 saturated carbocycles. The molecule has 0 aliphatic carbocycles. The van der Waals surface area contributed by atoms with Crippen molar-refractivity contribution >= 4 is 22.8 Å². The molecule has 0 atom stereocenters. The van der Waals surface area contributed by atoms with Gasteiger partial charge in [-0.25, -0.2) is 4.79 Å². The number of hydrogen-bond acceptors (Lipinski definition) is 4. The first-order valence-corrected chi connectivity index (χ1v) is 6.11. The summed E-state index contributed by atoms with van der Waals surface area (Å²) in [4.78, 5) is 11.2. The van der Waals surface area contributed by atoms with E-state index in [9.17, 15) is 4.79 Å². The minimum Gasteiger partial charge on any atom is -0.496 e. The van der Waals surface area contributed by atoms with E-state index in [0.717, 1.165) is 22.1 Å². The Balaban J connectivity index is 2.64. The maximum absolute atomic E-state index is 11.2. The number of fused-ring (bicyclic) bond motifs is 1. The van der Waals surface area contributed by atoms with Crippen LogP contribution >= 0.6 is 0 Å². The van der Waals surface area contributed by atoms with Crippen LogP contribution in [0, 0.1) is 0 Å². The molecule has 2 aromatic rings. The largest absolute Gasteiger partial charge is 0.496 e. The average molecular weight is 272 g/mol. The van der Waals surface area contributed by atoms with Crippen LogP contribution in [-0.4, -0.2) is 27.3 Å². The van der Waals surface area contributed by atoms with Gasteiger partial charge in [0, 0.05) is 22.4 Å². The molecule has 4 nitrogen and oxygen atoms in total. The SMILES string of the molecule is COC(=O)C=Cc1cc(OC)c2ccccc2c1OC. The van der Waals surface area contributed by atoms with E-state index >= 15 is 0 Å². The van der Waals surface area contributed by atoms with Crippen LogP contribution in [0.15, 0.2) is 36.4 Å². The van der Waals surface area contributed by atoms with Crippen LogP contribution in [0.5, 0.6) is 11.5 Å². The van der Waals surface area contributed by atoms with Crippen LogP contribution in [0.4, 0.5) is 0 Å². The van der Waals surface area contributed by atoms with E-state index in [2.05, 4.69) is 4.74 Å². The molecule has 0 N–H and O–H groups in total. The number of rotatable bonds is 4. The lowest BCUT2D eigenvalue weighted by molar-refractivity contribution is -0.134. The lowest BCUT2D eigenvalue weighted by Gasteiger charge is -2.13. The molecule has 0 spiro atoms. The van der Waals surface area contributed by atoms with Crippen molar-refractivity contribution in [2.45, 2.75) is 0 Å². The van der Waals surface area contributed by atoms with Crippen LogP contribution in [0.25, 0.3) is 16.8 Å². The average Bonchev–Trinajstić information content (AvgIpc) is 2.51. The highest BCUT2D eigenvalue weighted by atomic mass is 16.5. The monoisotopic (exact) mass is 272 g/mol. The van der Waals surface area contributed by atoms with E-state index in [0.29, 0.717) is 5.75 Å². The number of carbonyl (C=O) groups excluding carboxylic acids is 1. The van der Waals surface area contributed by atoms with Crippen LogP contribution in [0.1, 0.15) is 5.56 Å². The topological polar surface area (TPSA) is 44.8 Å². The zero-order chi connectivity index (χ0) is 14.5. The fourth-order valence-electron chi connectivity index (χ4n) is 2.08. The maximum Gasteiger partial charge on any atom is 0.330 e. The minimum atomic E-state index is -0.417. The summed E-state index contributed by atoms with van der Waals surface area (Å²) in [5.41, 5.74) is 0.758. The first-order valence-electron chi connectivity index (χ1n) is 6.11. The van der Waals surface area contributed by atoms with Gasteiger partial charge >= 0.3 is 5.97 Å². The Bertz CT molecular complexity index is 659. The molecule has 4 heteroatoms. The standard InChI is InChI=1S/C16H16O4/c1-18-14-10-11(8-9-15(17)19-2)16(20-3)13-7-5-4-6-12(13)14/h4-10H,1-3H3. The van der Waals surface area contributed by atoms with Crippen molar-refractivity contribution < 1.29 is 19.0 Å². The van der Waals surface area contributed by atoms with E-state index < -0.39 is 5.97 Å². The van der Waals surface area contributed by atoms with Crippen molar-refractivity contribution in [2.75, 3.05) is 21.3 Å². The summed E-state index contributed by atoms with van der Waals surface area (Å²) in [5.74, 6) is 1.01. The Labute approximate surface area is 117 Å². The molecular weight excluding hydrogens is 256 g/mol. The van der Waals surface area contributed by atoms with Gasteiger partial charge in [-0.15, -0.1) is 0 Å². The van der Waals surface area contributed by atoms with Crippen molar-refractivity contribution in [2.24, 2.45) is 0 Å². The normalized spacial score (nSPS) is 10.8. The van der Waals surface area contributed by atoms with Gasteiger partial charge in [0.25, 0.3) is 0 Å². The van der Waals surface area contributed by atoms with Crippen LogP contribution in [0.2, 0.25) is 0 Å². The van der Waals surface area contributed by atoms with Crippen LogP contribution < -0.4 is 9.47 Å². The molecule has 0 amide bonds. The summed E-state index contributed by atoms with van der Waals surface area (Å²) < 4.78 is 15.5. The molecular formula is C16H16O4. The summed E-state index contributed by atoms with van der Waals surface area (Å²) in [7, 11) is 4.55. The molecule has 0 saturated heterocycles. The third-order valence-corrected chi connectivity index (χ3v) is 3.01. The van der Waals surface area contributed by atoms with Gasteiger partial charge < -0.3 is 14.2 Å². The second kappa shape index (κ2) is 6.10. The quantitative estimate of drug-likeness (QED) is 0.634. The van der Waals surface area contributed by atoms with Gasteiger partial charge in [-0.1, -0.05) is 24.3 Å². The Morgan fingerprint density at radius 3 is 2.35 bits per heavy atom.